The van der Waals surface area contributed by atoms with Gasteiger partial charge in [-0.3, -0.25) is 0 Å². The van der Waals surface area contributed by atoms with Crippen molar-refractivity contribution in [2.75, 3.05) is 18.0 Å². The molecule has 2 unspecified atom stereocenters. The monoisotopic (exact) mass is 293 g/mol. The predicted molar refractivity (Wildman–Crippen MR) is 72.8 cm³/mol. The summed E-state index contributed by atoms with van der Waals surface area (Å²) in [6.45, 7) is 3.87. The normalized spacial score (nSPS) is 23.8. The molecule has 0 aromatic heterocycles. The Balaban J connectivity index is 2.32. The van der Waals surface area contributed by atoms with Crippen LogP contribution in [0, 0.1) is 17.2 Å². The largest absolute Gasteiger partial charge is 0.367 e. The molecule has 2 N–H and O–H groups in total. The fraction of sp³-hybridized carbons (Fsp3) is 0.462. The smallest absolute Gasteiger partial charge is 0.101 e. The summed E-state index contributed by atoms with van der Waals surface area (Å²) in [6.07, 6.45) is 1.11. The third-order valence-electron chi connectivity index (χ3n) is 3.38. The Morgan fingerprint density at radius 1 is 1.59 bits per heavy atom. The van der Waals surface area contributed by atoms with Gasteiger partial charge in [0, 0.05) is 17.1 Å². The summed E-state index contributed by atoms with van der Waals surface area (Å²) in [5.41, 5.74) is 7.48. The number of rotatable bonds is 2. The fourth-order valence-corrected chi connectivity index (χ4v) is 2.86. The number of nitrogens with zero attached hydrogens (tertiary/aromatic N) is 2. The summed E-state index contributed by atoms with van der Waals surface area (Å²) in [4.78, 5) is 2.29. The molecule has 0 saturated carbocycles. The lowest BCUT2D eigenvalue weighted by Gasteiger charge is -2.25. The molecular weight excluding hydrogens is 278 g/mol. The molecule has 0 bridgehead atoms. The van der Waals surface area contributed by atoms with Crippen LogP contribution in [0.1, 0.15) is 18.9 Å². The molecule has 2 atom stereocenters. The maximum absolute atomic E-state index is 9.19. The molecule has 0 radical (unpaired) electrons. The van der Waals surface area contributed by atoms with Crippen LogP contribution >= 0.6 is 15.9 Å². The number of benzene rings is 1. The van der Waals surface area contributed by atoms with E-state index < -0.39 is 0 Å². The summed E-state index contributed by atoms with van der Waals surface area (Å²) in [5.74, 6) is 0.542. The van der Waals surface area contributed by atoms with Crippen LogP contribution < -0.4 is 10.6 Å². The number of halogens is 1. The SMILES string of the molecule is CC1CC(CN)CN1c1ccc(Br)cc1C#N. The van der Waals surface area contributed by atoms with Gasteiger partial charge in [-0.1, -0.05) is 15.9 Å². The zero-order chi connectivity index (χ0) is 12.4. The lowest BCUT2D eigenvalue weighted by atomic mass is 10.1. The van der Waals surface area contributed by atoms with Crippen molar-refractivity contribution >= 4 is 21.6 Å². The number of nitriles is 1. The maximum atomic E-state index is 9.19. The van der Waals surface area contributed by atoms with E-state index in [0.29, 0.717) is 12.0 Å². The molecule has 0 spiro atoms. The Hall–Kier alpha value is -1.05. The van der Waals surface area contributed by atoms with Gasteiger partial charge in [-0.15, -0.1) is 0 Å². The van der Waals surface area contributed by atoms with E-state index in [1.54, 1.807) is 0 Å². The van der Waals surface area contributed by atoms with E-state index in [0.717, 1.165) is 35.2 Å². The zero-order valence-electron chi connectivity index (χ0n) is 9.86. The quantitative estimate of drug-likeness (QED) is 0.911. The highest BCUT2D eigenvalue weighted by Crippen LogP contribution is 2.32. The fourth-order valence-electron chi connectivity index (χ4n) is 2.50. The van der Waals surface area contributed by atoms with Crippen LogP contribution in [0.2, 0.25) is 0 Å². The lowest BCUT2D eigenvalue weighted by Crippen LogP contribution is -2.28. The molecular formula is C13H16BrN3. The van der Waals surface area contributed by atoms with Crippen LogP contribution in [-0.4, -0.2) is 19.1 Å². The van der Waals surface area contributed by atoms with Gasteiger partial charge in [0.1, 0.15) is 6.07 Å². The third kappa shape index (κ3) is 2.46. The van der Waals surface area contributed by atoms with Crippen LogP contribution in [0.3, 0.4) is 0 Å². The molecule has 3 nitrogen and oxygen atoms in total. The van der Waals surface area contributed by atoms with Crippen LogP contribution in [0.15, 0.2) is 22.7 Å². The average Bonchev–Trinajstić information content (AvgIpc) is 2.70. The standard InChI is InChI=1S/C13H16BrN3/c1-9-4-10(6-15)8-17(9)13-3-2-12(14)5-11(13)7-16/h2-3,5,9-10H,4,6,8,15H2,1H3. The first-order valence-corrected chi connectivity index (χ1v) is 6.61. The van der Waals surface area contributed by atoms with Crippen LogP contribution in [0.5, 0.6) is 0 Å². The molecule has 1 aliphatic rings. The Labute approximate surface area is 110 Å². The first kappa shape index (κ1) is 12.4. The van der Waals surface area contributed by atoms with Gasteiger partial charge in [0.05, 0.1) is 11.3 Å². The van der Waals surface area contributed by atoms with Gasteiger partial charge in [-0.2, -0.15) is 5.26 Å². The van der Waals surface area contributed by atoms with Crippen LogP contribution in [0.4, 0.5) is 5.69 Å². The van der Waals surface area contributed by atoms with Crippen molar-refractivity contribution < 1.29 is 0 Å². The second-order valence-corrected chi connectivity index (χ2v) is 5.53. The second-order valence-electron chi connectivity index (χ2n) is 4.61. The Bertz CT molecular complexity index is 452. The van der Waals surface area contributed by atoms with Crippen LogP contribution in [0.25, 0.3) is 0 Å². The zero-order valence-corrected chi connectivity index (χ0v) is 11.4. The summed E-state index contributed by atoms with van der Waals surface area (Å²) >= 11 is 3.40. The lowest BCUT2D eigenvalue weighted by molar-refractivity contribution is 0.579. The molecule has 90 valence electrons. The highest BCUT2D eigenvalue weighted by Gasteiger charge is 2.29. The molecule has 0 amide bonds. The first-order chi connectivity index (χ1) is 8.15. The summed E-state index contributed by atoms with van der Waals surface area (Å²) in [5, 5.41) is 9.19. The van der Waals surface area contributed by atoms with Crippen molar-refractivity contribution in [2.45, 2.75) is 19.4 Å². The van der Waals surface area contributed by atoms with Gasteiger partial charge < -0.3 is 10.6 Å². The highest BCUT2D eigenvalue weighted by molar-refractivity contribution is 9.10. The van der Waals surface area contributed by atoms with Gasteiger partial charge >= 0.3 is 0 Å². The minimum atomic E-state index is 0.455. The summed E-state index contributed by atoms with van der Waals surface area (Å²) < 4.78 is 0.944. The second kappa shape index (κ2) is 5.07. The third-order valence-corrected chi connectivity index (χ3v) is 3.88. The summed E-state index contributed by atoms with van der Waals surface area (Å²) in [6, 6.07) is 8.59. The number of hydrogen-bond acceptors (Lipinski definition) is 3. The molecule has 1 heterocycles. The van der Waals surface area contributed by atoms with E-state index in [-0.39, 0.29) is 0 Å². The molecule has 1 aromatic carbocycles. The van der Waals surface area contributed by atoms with Crippen molar-refractivity contribution in [2.24, 2.45) is 11.7 Å². The maximum Gasteiger partial charge on any atom is 0.101 e. The first-order valence-electron chi connectivity index (χ1n) is 5.82. The molecule has 1 saturated heterocycles. The Kier molecular flexibility index (Phi) is 3.70. The average molecular weight is 294 g/mol. The van der Waals surface area contributed by atoms with E-state index >= 15 is 0 Å². The topological polar surface area (TPSA) is 53.0 Å². The molecule has 1 aromatic rings. The Morgan fingerprint density at radius 2 is 2.35 bits per heavy atom. The minimum Gasteiger partial charge on any atom is -0.367 e. The van der Waals surface area contributed by atoms with Gasteiger partial charge in [-0.05, 0) is 44.0 Å². The van der Waals surface area contributed by atoms with E-state index in [9.17, 15) is 5.26 Å². The number of hydrogen-bond donors (Lipinski definition) is 1. The highest BCUT2D eigenvalue weighted by atomic mass is 79.9. The molecule has 2 rings (SSSR count). The molecule has 4 heteroatoms. The van der Waals surface area contributed by atoms with Gasteiger partial charge in [0.25, 0.3) is 0 Å². The Morgan fingerprint density at radius 3 is 2.94 bits per heavy atom. The van der Waals surface area contributed by atoms with Gasteiger partial charge in [-0.25, -0.2) is 0 Å². The van der Waals surface area contributed by atoms with Crippen molar-refractivity contribution in [3.63, 3.8) is 0 Å². The van der Waals surface area contributed by atoms with Gasteiger partial charge in [0.15, 0.2) is 0 Å². The van der Waals surface area contributed by atoms with Crippen LogP contribution in [-0.2, 0) is 0 Å². The van der Waals surface area contributed by atoms with E-state index in [2.05, 4.69) is 33.8 Å². The summed E-state index contributed by atoms with van der Waals surface area (Å²) in [7, 11) is 0. The van der Waals surface area contributed by atoms with Crippen molar-refractivity contribution in [1.82, 2.24) is 0 Å². The van der Waals surface area contributed by atoms with Crippen molar-refractivity contribution in [3.05, 3.63) is 28.2 Å². The molecule has 0 aliphatic carbocycles. The van der Waals surface area contributed by atoms with E-state index in [1.807, 2.05) is 18.2 Å². The molecule has 17 heavy (non-hydrogen) atoms. The van der Waals surface area contributed by atoms with Crippen molar-refractivity contribution in [3.8, 4) is 6.07 Å². The molecule has 1 aliphatic heterocycles. The predicted octanol–water partition coefficient (Wildman–Crippen LogP) is 2.49. The molecule has 1 fully saturated rings. The van der Waals surface area contributed by atoms with E-state index in [4.69, 9.17) is 5.73 Å². The number of anilines is 1. The number of nitrogens with two attached hydrogens (primary N) is 1. The van der Waals surface area contributed by atoms with Gasteiger partial charge in [0.2, 0.25) is 0 Å². The minimum absolute atomic E-state index is 0.455. The van der Waals surface area contributed by atoms with E-state index in [1.165, 1.54) is 0 Å². The van der Waals surface area contributed by atoms with Crippen molar-refractivity contribution in [1.29, 1.82) is 5.26 Å².